The van der Waals surface area contributed by atoms with E-state index in [9.17, 15) is 0 Å². The van der Waals surface area contributed by atoms with Gasteiger partial charge in [0.2, 0.25) is 0 Å². The van der Waals surface area contributed by atoms with E-state index in [0.717, 1.165) is 19.3 Å². The third-order valence-electron chi connectivity index (χ3n) is 4.59. The van der Waals surface area contributed by atoms with Crippen molar-refractivity contribution in [3.05, 3.63) is 0 Å². The molecule has 2 nitrogen and oxygen atoms in total. The first-order valence-corrected chi connectivity index (χ1v) is 6.55. The van der Waals surface area contributed by atoms with E-state index in [1.54, 1.807) is 0 Å². The minimum Gasteiger partial charge on any atom is -0.379 e. The highest BCUT2D eigenvalue weighted by Crippen LogP contribution is 2.40. The van der Waals surface area contributed by atoms with Crippen LogP contribution in [0.2, 0.25) is 0 Å². The molecule has 1 unspecified atom stereocenters. The molecule has 0 aromatic rings. The van der Waals surface area contributed by atoms with Crippen molar-refractivity contribution in [3.63, 3.8) is 0 Å². The van der Waals surface area contributed by atoms with Crippen molar-refractivity contribution in [1.29, 1.82) is 0 Å². The van der Waals surface area contributed by atoms with Gasteiger partial charge in [-0.25, -0.2) is 0 Å². The van der Waals surface area contributed by atoms with Gasteiger partial charge in [-0.15, -0.1) is 0 Å². The predicted molar refractivity (Wildman–Crippen MR) is 63.0 cm³/mol. The number of rotatable bonds is 2. The van der Waals surface area contributed by atoms with Crippen LogP contribution < -0.4 is 0 Å². The summed E-state index contributed by atoms with van der Waals surface area (Å²) >= 11 is 0. The van der Waals surface area contributed by atoms with Crippen molar-refractivity contribution in [1.82, 2.24) is 4.90 Å². The van der Waals surface area contributed by atoms with E-state index in [0.29, 0.717) is 11.5 Å². The molecule has 2 heterocycles. The van der Waals surface area contributed by atoms with Crippen molar-refractivity contribution >= 4 is 0 Å². The molecule has 15 heavy (non-hydrogen) atoms. The van der Waals surface area contributed by atoms with Gasteiger partial charge in [-0.2, -0.15) is 0 Å². The van der Waals surface area contributed by atoms with Crippen molar-refractivity contribution in [2.75, 3.05) is 19.8 Å². The molecule has 0 N–H and O–H groups in total. The molecule has 1 spiro atoms. The van der Waals surface area contributed by atoms with Gasteiger partial charge in [0, 0.05) is 17.5 Å². The molecule has 0 bridgehead atoms. The Balaban J connectivity index is 2.18. The third-order valence-corrected chi connectivity index (χ3v) is 4.59. The van der Waals surface area contributed by atoms with E-state index in [1.807, 2.05) is 0 Å². The number of likely N-dealkylation sites (tertiary alicyclic amines) is 1. The standard InChI is InChI=1S/C13H25NO/c1-4-12(3)14-8-6-5-7-13(14)10-15-9-11(13)2/h11-12H,4-10H2,1-3H3/t11-,12?,13+/m0/s1. The largest absolute Gasteiger partial charge is 0.379 e. The van der Waals surface area contributed by atoms with Gasteiger partial charge < -0.3 is 4.74 Å². The van der Waals surface area contributed by atoms with Crippen molar-refractivity contribution in [2.45, 2.75) is 58.0 Å². The molecule has 0 aromatic heterocycles. The monoisotopic (exact) mass is 211 g/mol. The minimum absolute atomic E-state index is 0.383. The summed E-state index contributed by atoms with van der Waals surface area (Å²) in [4.78, 5) is 2.74. The van der Waals surface area contributed by atoms with Crippen LogP contribution in [0, 0.1) is 5.92 Å². The lowest BCUT2D eigenvalue weighted by molar-refractivity contribution is -0.0131. The Kier molecular flexibility index (Phi) is 3.36. The van der Waals surface area contributed by atoms with E-state index < -0.39 is 0 Å². The van der Waals surface area contributed by atoms with Crippen molar-refractivity contribution in [2.24, 2.45) is 5.92 Å². The van der Waals surface area contributed by atoms with E-state index >= 15 is 0 Å². The summed E-state index contributed by atoms with van der Waals surface area (Å²) in [6.07, 6.45) is 5.37. The van der Waals surface area contributed by atoms with Crippen LogP contribution in [-0.4, -0.2) is 36.2 Å². The second-order valence-corrected chi connectivity index (χ2v) is 5.43. The SMILES string of the molecule is CCC(C)N1CCCC[C@]12COC[C@@H]2C. The van der Waals surface area contributed by atoms with E-state index in [2.05, 4.69) is 25.7 Å². The fraction of sp³-hybridized carbons (Fsp3) is 1.00. The summed E-state index contributed by atoms with van der Waals surface area (Å²) in [6.45, 7) is 10.3. The van der Waals surface area contributed by atoms with Crippen molar-refractivity contribution in [3.8, 4) is 0 Å². The third kappa shape index (κ3) is 1.83. The molecule has 3 atom stereocenters. The first-order valence-electron chi connectivity index (χ1n) is 6.55. The van der Waals surface area contributed by atoms with Crippen LogP contribution in [0.15, 0.2) is 0 Å². The zero-order valence-corrected chi connectivity index (χ0v) is 10.5. The first kappa shape index (κ1) is 11.4. The van der Waals surface area contributed by atoms with Crippen LogP contribution in [-0.2, 0) is 4.74 Å². The molecule has 0 aliphatic carbocycles. The maximum atomic E-state index is 5.73. The lowest BCUT2D eigenvalue weighted by Gasteiger charge is -2.49. The van der Waals surface area contributed by atoms with Gasteiger partial charge in [0.25, 0.3) is 0 Å². The highest BCUT2D eigenvalue weighted by molar-refractivity contribution is 5.01. The Morgan fingerprint density at radius 1 is 1.47 bits per heavy atom. The van der Waals surface area contributed by atoms with Gasteiger partial charge >= 0.3 is 0 Å². The highest BCUT2D eigenvalue weighted by Gasteiger charge is 2.48. The summed E-state index contributed by atoms with van der Waals surface area (Å²) in [5, 5.41) is 0. The van der Waals surface area contributed by atoms with Gasteiger partial charge in [-0.1, -0.05) is 20.3 Å². The number of hydrogen-bond donors (Lipinski definition) is 0. The fourth-order valence-electron chi connectivity index (χ4n) is 3.35. The number of ether oxygens (including phenoxy) is 1. The summed E-state index contributed by atoms with van der Waals surface area (Å²) < 4.78 is 5.73. The zero-order chi connectivity index (χ0) is 10.9. The Labute approximate surface area is 94.0 Å². The molecular weight excluding hydrogens is 186 g/mol. The summed E-state index contributed by atoms with van der Waals surface area (Å²) in [5.74, 6) is 0.715. The molecule has 2 saturated heterocycles. The maximum Gasteiger partial charge on any atom is 0.0654 e. The molecule has 0 aromatic carbocycles. The van der Waals surface area contributed by atoms with Crippen LogP contribution in [0.1, 0.15) is 46.5 Å². The molecule has 2 aliphatic rings. The van der Waals surface area contributed by atoms with Gasteiger partial charge in [-0.05, 0) is 32.7 Å². The Morgan fingerprint density at radius 2 is 2.27 bits per heavy atom. The second kappa shape index (κ2) is 4.42. The topological polar surface area (TPSA) is 12.5 Å². The van der Waals surface area contributed by atoms with Crippen molar-refractivity contribution < 1.29 is 4.74 Å². The average molecular weight is 211 g/mol. The molecular formula is C13H25NO. The minimum atomic E-state index is 0.383. The molecule has 0 amide bonds. The first-order chi connectivity index (χ1) is 7.20. The Hall–Kier alpha value is -0.0800. The summed E-state index contributed by atoms with van der Waals surface area (Å²) in [6, 6.07) is 0.717. The van der Waals surface area contributed by atoms with Crippen LogP contribution in [0.3, 0.4) is 0 Å². The van der Waals surface area contributed by atoms with Gasteiger partial charge in [-0.3, -0.25) is 4.90 Å². The molecule has 2 rings (SSSR count). The van der Waals surface area contributed by atoms with E-state index in [1.165, 1.54) is 32.2 Å². The zero-order valence-electron chi connectivity index (χ0n) is 10.5. The molecule has 0 radical (unpaired) electrons. The Bertz CT molecular complexity index is 219. The molecule has 0 saturated carbocycles. The fourth-order valence-corrected chi connectivity index (χ4v) is 3.35. The maximum absolute atomic E-state index is 5.73. The smallest absolute Gasteiger partial charge is 0.0654 e. The lowest BCUT2D eigenvalue weighted by atomic mass is 9.78. The summed E-state index contributed by atoms with van der Waals surface area (Å²) in [5.41, 5.74) is 0.383. The van der Waals surface area contributed by atoms with E-state index in [4.69, 9.17) is 4.74 Å². The van der Waals surface area contributed by atoms with Gasteiger partial charge in [0.15, 0.2) is 0 Å². The van der Waals surface area contributed by atoms with Crippen LogP contribution in [0.4, 0.5) is 0 Å². The summed E-state index contributed by atoms with van der Waals surface area (Å²) in [7, 11) is 0. The highest BCUT2D eigenvalue weighted by atomic mass is 16.5. The van der Waals surface area contributed by atoms with E-state index in [-0.39, 0.29) is 0 Å². The molecule has 88 valence electrons. The normalized spacial score (nSPS) is 39.8. The predicted octanol–water partition coefficient (Wildman–Crippen LogP) is 2.68. The van der Waals surface area contributed by atoms with Gasteiger partial charge in [0.1, 0.15) is 0 Å². The van der Waals surface area contributed by atoms with Crippen LogP contribution >= 0.6 is 0 Å². The number of piperidine rings is 1. The molecule has 2 aliphatic heterocycles. The van der Waals surface area contributed by atoms with Crippen LogP contribution in [0.5, 0.6) is 0 Å². The Morgan fingerprint density at radius 3 is 2.87 bits per heavy atom. The molecule has 2 heteroatoms. The lowest BCUT2D eigenvalue weighted by Crippen LogP contribution is -2.59. The van der Waals surface area contributed by atoms with Gasteiger partial charge in [0.05, 0.1) is 13.2 Å². The second-order valence-electron chi connectivity index (χ2n) is 5.43. The average Bonchev–Trinajstić information content (AvgIpc) is 2.61. The quantitative estimate of drug-likeness (QED) is 0.696. The molecule has 2 fully saturated rings. The number of nitrogens with zero attached hydrogens (tertiary/aromatic N) is 1. The van der Waals surface area contributed by atoms with Crippen LogP contribution in [0.25, 0.3) is 0 Å². The number of hydrogen-bond acceptors (Lipinski definition) is 2.